The first-order valence-corrected chi connectivity index (χ1v) is 10.9. The monoisotopic (exact) mass is 375 g/mol. The Morgan fingerprint density at radius 1 is 1.12 bits per heavy atom. The lowest BCUT2D eigenvalue weighted by molar-refractivity contribution is -0.125. The molecule has 1 aromatic rings. The molecule has 4 nitrogen and oxygen atoms in total. The van der Waals surface area contributed by atoms with Crippen LogP contribution >= 0.6 is 0 Å². The molecule has 142 valence electrons. The van der Waals surface area contributed by atoms with E-state index in [2.05, 4.69) is 20.8 Å². The summed E-state index contributed by atoms with van der Waals surface area (Å²) < 4.78 is 26.6. The number of carbonyl (C=O) groups is 1. The molecule has 2 atom stereocenters. The third kappa shape index (κ3) is 2.59. The van der Waals surface area contributed by atoms with Crippen molar-refractivity contribution in [1.82, 2.24) is 4.31 Å². The first-order chi connectivity index (χ1) is 12.1. The van der Waals surface area contributed by atoms with E-state index in [1.54, 1.807) is 24.3 Å². The molecule has 1 aromatic carbocycles. The van der Waals surface area contributed by atoms with Crippen LogP contribution in [0.3, 0.4) is 0 Å². The number of hydrogen-bond donors (Lipinski definition) is 0. The molecule has 2 aliphatic rings. The van der Waals surface area contributed by atoms with Gasteiger partial charge in [0.1, 0.15) is 0 Å². The van der Waals surface area contributed by atoms with E-state index in [9.17, 15) is 13.2 Å². The number of allylic oxidation sites excluding steroid dienone is 1. The zero-order chi connectivity index (χ0) is 19.3. The Morgan fingerprint density at radius 2 is 1.69 bits per heavy atom. The van der Waals surface area contributed by atoms with Crippen LogP contribution in [-0.2, 0) is 14.8 Å². The lowest BCUT2D eigenvalue weighted by Crippen LogP contribution is -2.32. The van der Waals surface area contributed by atoms with Gasteiger partial charge in [0.2, 0.25) is 10.0 Å². The minimum absolute atomic E-state index is 0.0120. The number of Topliss-reactive ketones (excluding diaryl/α,β-unsaturated/α-hetero) is 1. The summed E-state index contributed by atoms with van der Waals surface area (Å²) in [6, 6.07) is 6.89. The molecule has 0 N–H and O–H groups in total. The van der Waals surface area contributed by atoms with E-state index in [-0.39, 0.29) is 16.6 Å². The molecule has 5 heteroatoms. The highest BCUT2D eigenvalue weighted by atomic mass is 32.2. The Balaban J connectivity index is 1.92. The fraction of sp³-hybridized carbons (Fsp3) is 0.571. The number of rotatable bonds is 5. The second kappa shape index (κ2) is 6.31. The van der Waals surface area contributed by atoms with Gasteiger partial charge < -0.3 is 0 Å². The maximum atomic E-state index is 12.9. The van der Waals surface area contributed by atoms with Gasteiger partial charge in [0.15, 0.2) is 5.78 Å². The van der Waals surface area contributed by atoms with E-state index in [1.165, 1.54) is 4.31 Å². The van der Waals surface area contributed by atoms with Gasteiger partial charge in [-0.05, 0) is 53.5 Å². The summed E-state index contributed by atoms with van der Waals surface area (Å²) in [5, 5.41) is 0. The van der Waals surface area contributed by atoms with Crippen molar-refractivity contribution in [3.05, 3.63) is 35.4 Å². The van der Waals surface area contributed by atoms with E-state index < -0.39 is 10.0 Å². The highest BCUT2D eigenvalue weighted by molar-refractivity contribution is 7.89. The highest BCUT2D eigenvalue weighted by Crippen LogP contribution is 2.65. The molecule has 2 bridgehead atoms. The average molecular weight is 376 g/mol. The summed E-state index contributed by atoms with van der Waals surface area (Å²) in [5.74, 6) is 0.553. The van der Waals surface area contributed by atoms with Crippen molar-refractivity contribution in [2.75, 3.05) is 13.1 Å². The zero-order valence-corrected chi connectivity index (χ0v) is 17.2. The zero-order valence-electron chi connectivity index (χ0n) is 16.4. The topological polar surface area (TPSA) is 54.5 Å². The van der Waals surface area contributed by atoms with E-state index in [1.807, 2.05) is 19.9 Å². The summed E-state index contributed by atoms with van der Waals surface area (Å²) >= 11 is 0. The summed E-state index contributed by atoms with van der Waals surface area (Å²) in [5.41, 5.74) is 1.51. The van der Waals surface area contributed by atoms with E-state index in [4.69, 9.17) is 0 Å². The maximum Gasteiger partial charge on any atom is 0.243 e. The molecule has 2 saturated carbocycles. The molecule has 0 heterocycles. The number of ketones is 1. The summed E-state index contributed by atoms with van der Waals surface area (Å²) in [4.78, 5) is 13.2. The van der Waals surface area contributed by atoms with Gasteiger partial charge in [-0.2, -0.15) is 4.31 Å². The summed E-state index contributed by atoms with van der Waals surface area (Å²) in [7, 11) is -3.45. The highest BCUT2D eigenvalue weighted by Gasteiger charge is 2.63. The van der Waals surface area contributed by atoms with Gasteiger partial charge in [-0.15, -0.1) is 0 Å². The minimum Gasteiger partial charge on any atom is -0.294 e. The van der Waals surface area contributed by atoms with Crippen molar-refractivity contribution in [1.29, 1.82) is 0 Å². The summed E-state index contributed by atoms with van der Waals surface area (Å²) in [6.45, 7) is 11.1. The smallest absolute Gasteiger partial charge is 0.243 e. The number of fused-ring (bicyclic) bond motifs is 2. The third-order valence-corrected chi connectivity index (χ3v) is 8.97. The molecule has 0 unspecified atom stereocenters. The van der Waals surface area contributed by atoms with E-state index in [0.717, 1.165) is 24.0 Å². The predicted molar refractivity (Wildman–Crippen MR) is 104 cm³/mol. The molecule has 0 spiro atoms. The van der Waals surface area contributed by atoms with Crippen LogP contribution in [0.1, 0.15) is 53.0 Å². The lowest BCUT2D eigenvalue weighted by atomic mass is 9.70. The molecule has 0 aliphatic heterocycles. The van der Waals surface area contributed by atoms with Crippen molar-refractivity contribution in [3.63, 3.8) is 0 Å². The second-order valence-electron chi connectivity index (χ2n) is 8.23. The maximum absolute atomic E-state index is 12.9. The van der Waals surface area contributed by atoms with Gasteiger partial charge >= 0.3 is 0 Å². The van der Waals surface area contributed by atoms with Crippen LogP contribution in [0.2, 0.25) is 0 Å². The molecule has 2 aliphatic carbocycles. The second-order valence-corrected chi connectivity index (χ2v) is 10.2. The van der Waals surface area contributed by atoms with Crippen LogP contribution in [0.4, 0.5) is 0 Å². The predicted octanol–water partition coefficient (Wildman–Crippen LogP) is 4.13. The number of benzene rings is 1. The van der Waals surface area contributed by atoms with Crippen LogP contribution in [-0.4, -0.2) is 31.6 Å². The minimum atomic E-state index is -3.45. The van der Waals surface area contributed by atoms with Crippen molar-refractivity contribution in [2.24, 2.45) is 16.7 Å². The van der Waals surface area contributed by atoms with Gasteiger partial charge in [-0.25, -0.2) is 8.42 Å². The molecule has 2 fully saturated rings. The quantitative estimate of drug-likeness (QED) is 0.727. The van der Waals surface area contributed by atoms with Crippen LogP contribution in [0, 0.1) is 16.7 Å². The Kier molecular flexibility index (Phi) is 4.68. The third-order valence-electron chi connectivity index (χ3n) is 6.91. The normalized spacial score (nSPS) is 29.1. The largest absolute Gasteiger partial charge is 0.294 e. The molecule has 0 saturated heterocycles. The van der Waals surface area contributed by atoms with Crippen molar-refractivity contribution < 1.29 is 13.2 Å². The number of hydrogen-bond acceptors (Lipinski definition) is 3. The number of nitrogens with zero attached hydrogens (tertiary/aromatic N) is 1. The molecule has 3 rings (SSSR count). The van der Waals surface area contributed by atoms with Gasteiger partial charge in [0.05, 0.1) is 4.90 Å². The fourth-order valence-corrected chi connectivity index (χ4v) is 6.18. The summed E-state index contributed by atoms with van der Waals surface area (Å²) in [6.07, 6.45) is 3.98. The molecular formula is C21H29NO3S. The SMILES string of the molecule is CCN(CC)S(=O)(=O)c1ccc(/C=C2/C(=O)[C@@]3(C)CC[C@H]2C3(C)C)cc1. The number of carbonyl (C=O) groups excluding carboxylic acids is 1. The van der Waals surface area contributed by atoms with Gasteiger partial charge in [-0.1, -0.05) is 46.8 Å². The van der Waals surface area contributed by atoms with Crippen LogP contribution in [0.25, 0.3) is 6.08 Å². The Hall–Kier alpha value is -1.46. The molecule has 0 radical (unpaired) electrons. The fourth-order valence-electron chi connectivity index (χ4n) is 4.72. The lowest BCUT2D eigenvalue weighted by Gasteiger charge is -2.31. The van der Waals surface area contributed by atoms with Crippen LogP contribution in [0.5, 0.6) is 0 Å². The van der Waals surface area contributed by atoms with E-state index in [0.29, 0.717) is 23.9 Å². The van der Waals surface area contributed by atoms with Crippen LogP contribution in [0.15, 0.2) is 34.7 Å². The van der Waals surface area contributed by atoms with Crippen molar-refractivity contribution >= 4 is 21.9 Å². The van der Waals surface area contributed by atoms with Gasteiger partial charge in [0, 0.05) is 18.5 Å². The van der Waals surface area contributed by atoms with Gasteiger partial charge in [0.25, 0.3) is 0 Å². The number of sulfonamides is 1. The molecule has 0 aromatic heterocycles. The Morgan fingerprint density at radius 3 is 2.15 bits per heavy atom. The van der Waals surface area contributed by atoms with Gasteiger partial charge in [-0.3, -0.25) is 4.79 Å². The van der Waals surface area contributed by atoms with Crippen LogP contribution < -0.4 is 0 Å². The first-order valence-electron chi connectivity index (χ1n) is 9.46. The van der Waals surface area contributed by atoms with Crippen molar-refractivity contribution in [2.45, 2.75) is 52.4 Å². The van der Waals surface area contributed by atoms with E-state index >= 15 is 0 Å². The standard InChI is InChI=1S/C21H29NO3S/c1-6-22(7-2)26(24,25)16-10-8-15(9-11-16)14-17-18-12-13-21(5,19(17)23)20(18,3)4/h8-11,14,18H,6-7,12-13H2,1-5H3/b17-14+/t18-,21-/m1/s1. The molecule has 0 amide bonds. The Labute approximate surface area is 157 Å². The first kappa shape index (κ1) is 19.3. The average Bonchev–Trinajstić information content (AvgIpc) is 2.90. The Bertz CT molecular complexity index is 848. The molecule has 26 heavy (non-hydrogen) atoms. The van der Waals surface area contributed by atoms with Crippen molar-refractivity contribution in [3.8, 4) is 0 Å². The molecular weight excluding hydrogens is 346 g/mol.